The lowest BCUT2D eigenvalue weighted by Gasteiger charge is -2.39. The predicted octanol–water partition coefficient (Wildman–Crippen LogP) is 3.58. The Morgan fingerprint density at radius 1 is 0.931 bits per heavy atom. The first-order valence-corrected chi connectivity index (χ1v) is 11.3. The molecule has 1 aliphatic carbocycles. The quantitative estimate of drug-likeness (QED) is 0.852. The summed E-state index contributed by atoms with van der Waals surface area (Å²) < 4.78 is 11.2. The average Bonchev–Trinajstić information content (AvgIpc) is 2.81. The molecule has 0 bridgehead atoms. The predicted molar refractivity (Wildman–Crippen MR) is 114 cm³/mol. The number of nitrogens with one attached hydrogen (secondary N) is 1. The third-order valence-corrected chi connectivity index (χ3v) is 6.89. The third-order valence-electron chi connectivity index (χ3n) is 6.89. The lowest BCUT2D eigenvalue weighted by atomic mass is 9.89. The fourth-order valence-electron chi connectivity index (χ4n) is 5.17. The Kier molecular flexibility index (Phi) is 5.92. The molecule has 0 spiro atoms. The van der Waals surface area contributed by atoms with Crippen molar-refractivity contribution < 1.29 is 9.47 Å². The Morgan fingerprint density at radius 3 is 2.59 bits per heavy atom. The minimum atomic E-state index is 0.491. The molecule has 1 N–H and O–H groups in total. The van der Waals surface area contributed by atoms with Crippen LogP contribution in [0.1, 0.15) is 50.0 Å². The van der Waals surface area contributed by atoms with Gasteiger partial charge in [-0.15, -0.1) is 0 Å². The zero-order valence-corrected chi connectivity index (χ0v) is 17.2. The molecule has 1 atom stereocenters. The van der Waals surface area contributed by atoms with E-state index in [0.717, 1.165) is 68.7 Å². The van der Waals surface area contributed by atoms with Crippen LogP contribution in [0.2, 0.25) is 0 Å². The molecule has 6 nitrogen and oxygen atoms in total. The summed E-state index contributed by atoms with van der Waals surface area (Å²) in [5.41, 5.74) is 2.37. The van der Waals surface area contributed by atoms with Crippen LogP contribution >= 0.6 is 0 Å². The highest BCUT2D eigenvalue weighted by Gasteiger charge is 2.27. The zero-order chi connectivity index (χ0) is 19.5. The van der Waals surface area contributed by atoms with E-state index in [9.17, 15) is 0 Å². The lowest BCUT2D eigenvalue weighted by Crippen LogP contribution is -2.46. The number of nitrogens with zero attached hydrogens (tertiary/aromatic N) is 3. The van der Waals surface area contributed by atoms with Crippen molar-refractivity contribution in [2.24, 2.45) is 0 Å². The average molecular weight is 397 g/mol. The molecule has 1 aromatic carbocycles. The van der Waals surface area contributed by atoms with Gasteiger partial charge in [-0.3, -0.25) is 4.90 Å². The van der Waals surface area contributed by atoms with Gasteiger partial charge in [0, 0.05) is 43.1 Å². The van der Waals surface area contributed by atoms with Gasteiger partial charge in [-0.1, -0.05) is 6.07 Å². The Bertz CT molecular complexity index is 810. The SMILES string of the molecule is c1nc(NC2CCC(N3CCOCC3)CC2)c2cc(C3CCCOC3)ccc2n1. The number of benzene rings is 1. The van der Waals surface area contributed by atoms with Gasteiger partial charge in [0.05, 0.1) is 25.3 Å². The fourth-order valence-corrected chi connectivity index (χ4v) is 5.17. The lowest BCUT2D eigenvalue weighted by molar-refractivity contribution is 0.00791. The zero-order valence-electron chi connectivity index (χ0n) is 17.2. The summed E-state index contributed by atoms with van der Waals surface area (Å²) in [6.07, 6.45) is 8.94. The summed E-state index contributed by atoms with van der Waals surface area (Å²) in [4.78, 5) is 11.7. The number of hydrogen-bond acceptors (Lipinski definition) is 6. The number of hydrogen-bond donors (Lipinski definition) is 1. The van der Waals surface area contributed by atoms with Crippen molar-refractivity contribution in [3.05, 3.63) is 30.1 Å². The summed E-state index contributed by atoms with van der Waals surface area (Å²) in [5.74, 6) is 1.48. The van der Waals surface area contributed by atoms with E-state index in [1.54, 1.807) is 6.33 Å². The molecule has 156 valence electrons. The van der Waals surface area contributed by atoms with Crippen molar-refractivity contribution in [2.75, 3.05) is 44.8 Å². The molecule has 5 rings (SSSR count). The molecule has 3 heterocycles. The van der Waals surface area contributed by atoms with Gasteiger partial charge >= 0.3 is 0 Å². The summed E-state index contributed by atoms with van der Waals surface area (Å²) in [6.45, 7) is 5.68. The summed E-state index contributed by atoms with van der Waals surface area (Å²) >= 11 is 0. The maximum absolute atomic E-state index is 5.70. The first kappa shape index (κ1) is 19.2. The van der Waals surface area contributed by atoms with Gasteiger partial charge in [-0.25, -0.2) is 9.97 Å². The molecular weight excluding hydrogens is 364 g/mol. The Hall–Kier alpha value is -1.76. The van der Waals surface area contributed by atoms with Crippen molar-refractivity contribution in [1.82, 2.24) is 14.9 Å². The molecule has 29 heavy (non-hydrogen) atoms. The van der Waals surface area contributed by atoms with E-state index in [1.807, 2.05) is 0 Å². The van der Waals surface area contributed by atoms with E-state index in [-0.39, 0.29) is 0 Å². The van der Waals surface area contributed by atoms with E-state index in [1.165, 1.54) is 37.7 Å². The number of aromatic nitrogens is 2. The van der Waals surface area contributed by atoms with Gasteiger partial charge in [-0.05, 0) is 56.2 Å². The number of anilines is 1. The molecule has 1 aromatic heterocycles. The Balaban J connectivity index is 1.27. The second-order valence-electron chi connectivity index (χ2n) is 8.71. The molecule has 6 heteroatoms. The molecule has 2 saturated heterocycles. The molecule has 3 fully saturated rings. The van der Waals surface area contributed by atoms with Gasteiger partial charge in [-0.2, -0.15) is 0 Å². The minimum Gasteiger partial charge on any atom is -0.381 e. The van der Waals surface area contributed by atoms with Gasteiger partial charge in [0.25, 0.3) is 0 Å². The summed E-state index contributed by atoms with van der Waals surface area (Å²) in [6, 6.07) is 7.85. The second-order valence-corrected chi connectivity index (χ2v) is 8.71. The van der Waals surface area contributed by atoms with Crippen LogP contribution < -0.4 is 5.32 Å². The van der Waals surface area contributed by atoms with E-state index >= 15 is 0 Å². The maximum atomic E-state index is 5.70. The van der Waals surface area contributed by atoms with E-state index < -0.39 is 0 Å². The normalized spacial score (nSPS) is 29.0. The smallest absolute Gasteiger partial charge is 0.137 e. The van der Waals surface area contributed by atoms with Gasteiger partial charge in [0.2, 0.25) is 0 Å². The van der Waals surface area contributed by atoms with E-state index in [4.69, 9.17) is 9.47 Å². The highest BCUT2D eigenvalue weighted by atomic mass is 16.5. The third kappa shape index (κ3) is 4.39. The summed E-state index contributed by atoms with van der Waals surface area (Å²) in [7, 11) is 0. The van der Waals surface area contributed by atoms with Crippen LogP contribution in [0.3, 0.4) is 0 Å². The second kappa shape index (κ2) is 8.94. The van der Waals surface area contributed by atoms with Gasteiger partial charge in [0.1, 0.15) is 12.1 Å². The Morgan fingerprint density at radius 2 is 1.79 bits per heavy atom. The highest BCUT2D eigenvalue weighted by Crippen LogP contribution is 2.31. The van der Waals surface area contributed by atoms with E-state index in [2.05, 4.69) is 38.4 Å². The van der Waals surface area contributed by atoms with Crippen molar-refractivity contribution in [3.8, 4) is 0 Å². The van der Waals surface area contributed by atoms with E-state index in [0.29, 0.717) is 12.0 Å². The first-order valence-electron chi connectivity index (χ1n) is 11.3. The van der Waals surface area contributed by atoms with Crippen molar-refractivity contribution >= 4 is 16.7 Å². The van der Waals surface area contributed by atoms with Crippen LogP contribution in [-0.2, 0) is 9.47 Å². The molecule has 0 amide bonds. The van der Waals surface area contributed by atoms with Crippen LogP contribution in [-0.4, -0.2) is 66.5 Å². The van der Waals surface area contributed by atoms with Crippen molar-refractivity contribution in [1.29, 1.82) is 0 Å². The molecule has 2 aliphatic heterocycles. The van der Waals surface area contributed by atoms with Crippen LogP contribution in [0.15, 0.2) is 24.5 Å². The van der Waals surface area contributed by atoms with Crippen LogP contribution in [0.5, 0.6) is 0 Å². The van der Waals surface area contributed by atoms with Gasteiger partial charge in [0.15, 0.2) is 0 Å². The molecule has 3 aliphatic rings. The highest BCUT2D eigenvalue weighted by molar-refractivity contribution is 5.89. The topological polar surface area (TPSA) is 59.5 Å². The molecule has 1 unspecified atom stereocenters. The number of morpholine rings is 1. The van der Waals surface area contributed by atoms with Crippen LogP contribution in [0, 0.1) is 0 Å². The molecule has 0 radical (unpaired) electrons. The number of fused-ring (bicyclic) bond motifs is 1. The maximum Gasteiger partial charge on any atom is 0.137 e. The number of ether oxygens (including phenoxy) is 2. The monoisotopic (exact) mass is 396 g/mol. The summed E-state index contributed by atoms with van der Waals surface area (Å²) in [5, 5.41) is 4.90. The number of rotatable bonds is 4. The fraction of sp³-hybridized carbons (Fsp3) is 0.652. The van der Waals surface area contributed by atoms with Crippen molar-refractivity contribution in [2.45, 2.75) is 56.5 Å². The molecular formula is C23H32N4O2. The van der Waals surface area contributed by atoms with Crippen LogP contribution in [0.4, 0.5) is 5.82 Å². The standard InChI is InChI=1S/C23H32N4O2/c1-2-18(15-29-11-1)17-3-8-22-21(14-17)23(25-16-24-22)26-19-4-6-20(7-5-19)27-9-12-28-13-10-27/h3,8,14,16,18-20H,1-2,4-7,9-13,15H2,(H,24,25,26). The first-order chi connectivity index (χ1) is 14.4. The van der Waals surface area contributed by atoms with Crippen LogP contribution in [0.25, 0.3) is 10.9 Å². The Labute approximate surface area is 173 Å². The largest absolute Gasteiger partial charge is 0.381 e. The molecule has 2 aromatic rings. The molecule has 1 saturated carbocycles. The minimum absolute atomic E-state index is 0.491. The van der Waals surface area contributed by atoms with Crippen molar-refractivity contribution in [3.63, 3.8) is 0 Å². The van der Waals surface area contributed by atoms with Gasteiger partial charge < -0.3 is 14.8 Å².